The Morgan fingerprint density at radius 3 is 2.78 bits per heavy atom. The van der Waals surface area contributed by atoms with Gasteiger partial charge in [-0.3, -0.25) is 4.79 Å². The van der Waals surface area contributed by atoms with Gasteiger partial charge in [0.1, 0.15) is 0 Å². The lowest BCUT2D eigenvalue weighted by molar-refractivity contribution is -0.124. The molecule has 100 valence electrons. The van der Waals surface area contributed by atoms with Gasteiger partial charge in [-0.05, 0) is 19.2 Å². The van der Waals surface area contributed by atoms with Gasteiger partial charge < -0.3 is 16.0 Å². The van der Waals surface area contributed by atoms with E-state index < -0.39 is 0 Å². The minimum atomic E-state index is -0.0660. The van der Waals surface area contributed by atoms with Crippen molar-refractivity contribution in [1.82, 2.24) is 10.2 Å². The molecule has 0 heterocycles. The molecule has 1 unspecified atom stereocenters. The van der Waals surface area contributed by atoms with Gasteiger partial charge in [-0.2, -0.15) is 0 Å². The third-order valence-corrected chi connectivity index (χ3v) is 3.22. The van der Waals surface area contributed by atoms with E-state index >= 15 is 0 Å². The van der Waals surface area contributed by atoms with Crippen LogP contribution in [0.15, 0.2) is 18.2 Å². The molecule has 1 atom stereocenters. The predicted molar refractivity (Wildman–Crippen MR) is 75.4 cm³/mol. The summed E-state index contributed by atoms with van der Waals surface area (Å²) in [5.41, 5.74) is 7.49. The fraction of sp³-hybridized carbons (Fsp3) is 0.462. The summed E-state index contributed by atoms with van der Waals surface area (Å²) in [7, 11) is 3.59. The van der Waals surface area contributed by atoms with E-state index in [1.807, 2.05) is 37.1 Å². The van der Waals surface area contributed by atoms with Crippen LogP contribution < -0.4 is 11.1 Å². The van der Waals surface area contributed by atoms with Gasteiger partial charge in [0, 0.05) is 42.3 Å². The van der Waals surface area contributed by atoms with Crippen molar-refractivity contribution in [2.24, 2.45) is 5.92 Å². The Labute approximate surface area is 113 Å². The number of amides is 1. The lowest BCUT2D eigenvalue weighted by atomic mass is 10.1. The maximum Gasteiger partial charge on any atom is 0.223 e. The monoisotopic (exact) mass is 269 g/mol. The van der Waals surface area contributed by atoms with Gasteiger partial charge in [-0.25, -0.2) is 0 Å². The van der Waals surface area contributed by atoms with E-state index in [0.29, 0.717) is 23.8 Å². The van der Waals surface area contributed by atoms with Gasteiger partial charge >= 0.3 is 0 Å². The van der Waals surface area contributed by atoms with Crippen LogP contribution in [0, 0.1) is 5.92 Å². The first kappa shape index (κ1) is 14.8. The van der Waals surface area contributed by atoms with E-state index in [2.05, 4.69) is 5.32 Å². The smallest absolute Gasteiger partial charge is 0.223 e. The predicted octanol–water partition coefficient (Wildman–Crippen LogP) is 1.74. The maximum absolute atomic E-state index is 11.4. The van der Waals surface area contributed by atoms with Crippen LogP contribution in [0.2, 0.25) is 5.02 Å². The molecule has 1 rings (SSSR count). The van der Waals surface area contributed by atoms with Gasteiger partial charge in [-0.1, -0.05) is 24.6 Å². The second kappa shape index (κ2) is 6.61. The largest absolute Gasteiger partial charge is 0.398 e. The number of carbonyl (C=O) groups excluding carboxylic acids is 1. The molecule has 0 bridgehead atoms. The molecule has 0 radical (unpaired) electrons. The summed E-state index contributed by atoms with van der Waals surface area (Å²) in [6.07, 6.45) is 0. The number of anilines is 1. The van der Waals surface area contributed by atoms with Gasteiger partial charge in [0.25, 0.3) is 0 Å². The van der Waals surface area contributed by atoms with E-state index in [-0.39, 0.29) is 11.8 Å². The molecule has 18 heavy (non-hydrogen) atoms. The minimum Gasteiger partial charge on any atom is -0.398 e. The number of nitrogens with zero attached hydrogens (tertiary/aromatic N) is 1. The molecule has 0 aliphatic rings. The standard InChI is InChI=1S/C13H20ClN3O/c1-9(13(18)16-2)7-17(3)8-10-11(14)5-4-6-12(10)15/h4-6,9H,7-8,15H2,1-3H3,(H,16,18). The second-order valence-corrected chi connectivity index (χ2v) is 4.93. The van der Waals surface area contributed by atoms with E-state index in [0.717, 1.165) is 5.56 Å². The molecular formula is C13H20ClN3O. The summed E-state index contributed by atoms with van der Waals surface area (Å²) in [6, 6.07) is 5.48. The van der Waals surface area contributed by atoms with Crippen molar-refractivity contribution in [2.75, 3.05) is 26.4 Å². The average Bonchev–Trinajstić information content (AvgIpc) is 2.32. The zero-order valence-electron chi connectivity index (χ0n) is 11.0. The summed E-state index contributed by atoms with van der Waals surface area (Å²) in [4.78, 5) is 13.5. The molecular weight excluding hydrogens is 250 g/mol. The SMILES string of the molecule is CNC(=O)C(C)CN(C)Cc1c(N)cccc1Cl. The van der Waals surface area contributed by atoms with Gasteiger partial charge in [0.05, 0.1) is 0 Å². The van der Waals surface area contributed by atoms with Gasteiger partial charge in [0.15, 0.2) is 0 Å². The molecule has 1 aromatic rings. The van der Waals surface area contributed by atoms with Crippen LogP contribution in [0.3, 0.4) is 0 Å². The molecule has 4 nitrogen and oxygen atoms in total. The molecule has 0 saturated carbocycles. The summed E-state index contributed by atoms with van der Waals surface area (Å²) < 4.78 is 0. The number of nitrogen functional groups attached to an aromatic ring is 1. The van der Waals surface area contributed by atoms with E-state index in [1.165, 1.54) is 0 Å². The quantitative estimate of drug-likeness (QED) is 0.801. The van der Waals surface area contributed by atoms with Crippen LogP contribution in [0.25, 0.3) is 0 Å². The average molecular weight is 270 g/mol. The zero-order valence-corrected chi connectivity index (χ0v) is 11.8. The maximum atomic E-state index is 11.4. The van der Waals surface area contributed by atoms with Gasteiger partial charge in [-0.15, -0.1) is 0 Å². The molecule has 0 aliphatic heterocycles. The van der Waals surface area contributed by atoms with Crippen molar-refractivity contribution in [3.8, 4) is 0 Å². The molecule has 0 aromatic heterocycles. The molecule has 5 heteroatoms. The first-order chi connectivity index (χ1) is 8.45. The van der Waals surface area contributed by atoms with E-state index in [9.17, 15) is 4.79 Å². The number of benzene rings is 1. The Bertz CT molecular complexity index is 402. The number of nitrogens with one attached hydrogen (secondary N) is 1. The lowest BCUT2D eigenvalue weighted by Gasteiger charge is -2.21. The van der Waals surface area contributed by atoms with Crippen molar-refractivity contribution in [2.45, 2.75) is 13.5 Å². The summed E-state index contributed by atoms with van der Waals surface area (Å²) >= 11 is 6.11. The third-order valence-electron chi connectivity index (χ3n) is 2.86. The molecule has 0 saturated heterocycles. The summed E-state index contributed by atoms with van der Waals surface area (Å²) in [5.74, 6) is -0.0299. The second-order valence-electron chi connectivity index (χ2n) is 4.52. The highest BCUT2D eigenvalue weighted by molar-refractivity contribution is 6.31. The summed E-state index contributed by atoms with van der Waals surface area (Å²) in [6.45, 7) is 3.18. The Kier molecular flexibility index (Phi) is 5.44. The molecule has 0 spiro atoms. The highest BCUT2D eigenvalue weighted by Gasteiger charge is 2.15. The van der Waals surface area contributed by atoms with Crippen molar-refractivity contribution in [3.05, 3.63) is 28.8 Å². The molecule has 0 aliphatic carbocycles. The minimum absolute atomic E-state index is 0.0361. The van der Waals surface area contributed by atoms with Crippen LogP contribution in [-0.2, 0) is 11.3 Å². The summed E-state index contributed by atoms with van der Waals surface area (Å²) in [5, 5.41) is 3.30. The zero-order chi connectivity index (χ0) is 13.7. The van der Waals surface area contributed by atoms with Crippen LogP contribution in [0.5, 0.6) is 0 Å². The Morgan fingerprint density at radius 2 is 2.22 bits per heavy atom. The number of rotatable bonds is 5. The van der Waals surface area contributed by atoms with E-state index in [4.69, 9.17) is 17.3 Å². The number of halogens is 1. The number of nitrogens with two attached hydrogens (primary N) is 1. The Balaban J connectivity index is 2.65. The molecule has 1 amide bonds. The van der Waals surface area contributed by atoms with Gasteiger partial charge in [0.2, 0.25) is 5.91 Å². The number of carbonyl (C=O) groups is 1. The topological polar surface area (TPSA) is 58.4 Å². The highest BCUT2D eigenvalue weighted by atomic mass is 35.5. The van der Waals surface area contributed by atoms with Crippen LogP contribution in [0.1, 0.15) is 12.5 Å². The number of hydrogen-bond acceptors (Lipinski definition) is 3. The van der Waals surface area contributed by atoms with Crippen LogP contribution >= 0.6 is 11.6 Å². The normalized spacial score (nSPS) is 12.5. The van der Waals surface area contributed by atoms with Crippen molar-refractivity contribution in [1.29, 1.82) is 0 Å². The highest BCUT2D eigenvalue weighted by Crippen LogP contribution is 2.23. The fourth-order valence-corrected chi connectivity index (χ4v) is 2.12. The third kappa shape index (κ3) is 3.89. The van der Waals surface area contributed by atoms with Crippen molar-refractivity contribution >= 4 is 23.2 Å². The number of hydrogen-bond donors (Lipinski definition) is 2. The van der Waals surface area contributed by atoms with Crippen LogP contribution in [0.4, 0.5) is 5.69 Å². The van der Waals surface area contributed by atoms with Crippen molar-refractivity contribution in [3.63, 3.8) is 0 Å². The fourth-order valence-electron chi connectivity index (χ4n) is 1.87. The lowest BCUT2D eigenvalue weighted by Crippen LogP contribution is -2.34. The molecule has 1 aromatic carbocycles. The van der Waals surface area contributed by atoms with Crippen molar-refractivity contribution < 1.29 is 4.79 Å². The first-order valence-electron chi connectivity index (χ1n) is 5.88. The van der Waals surface area contributed by atoms with Crippen LogP contribution in [-0.4, -0.2) is 31.4 Å². The first-order valence-corrected chi connectivity index (χ1v) is 6.26. The Morgan fingerprint density at radius 1 is 1.56 bits per heavy atom. The Hall–Kier alpha value is -1.26. The molecule has 0 fully saturated rings. The molecule has 3 N–H and O–H groups in total. The van der Waals surface area contributed by atoms with E-state index in [1.54, 1.807) is 7.05 Å².